The zero-order valence-corrected chi connectivity index (χ0v) is 16.8. The van der Waals surface area contributed by atoms with Crippen LogP contribution in [0.1, 0.15) is 11.1 Å². The topological polar surface area (TPSA) is 64.0 Å². The molecule has 1 N–H and O–H groups in total. The second-order valence-corrected chi connectivity index (χ2v) is 8.54. The minimum atomic E-state index is -3.74. The van der Waals surface area contributed by atoms with Crippen LogP contribution in [0.2, 0.25) is 0 Å². The maximum Gasteiger partial charge on any atom is 0.263 e. The summed E-state index contributed by atoms with van der Waals surface area (Å²) in [5, 5.41) is 4.55. The molecule has 4 rings (SSSR count). The number of anilines is 1. The first-order valence-corrected chi connectivity index (χ1v) is 10.8. The summed E-state index contributed by atoms with van der Waals surface area (Å²) in [6, 6.07) is 26.2. The smallest absolute Gasteiger partial charge is 0.263 e. The van der Waals surface area contributed by atoms with Gasteiger partial charge in [-0.3, -0.25) is 9.40 Å². The van der Waals surface area contributed by atoms with Crippen LogP contribution < -0.4 is 4.72 Å². The molecule has 29 heavy (non-hydrogen) atoms. The van der Waals surface area contributed by atoms with E-state index in [1.165, 1.54) is 0 Å². The number of rotatable bonds is 6. The lowest BCUT2D eigenvalue weighted by atomic mass is 10.1. The zero-order chi connectivity index (χ0) is 20.3. The highest BCUT2D eigenvalue weighted by Crippen LogP contribution is 2.29. The first-order valence-electron chi connectivity index (χ1n) is 9.27. The summed E-state index contributed by atoms with van der Waals surface area (Å²) in [6.07, 6.45) is 1.88. The number of benzene rings is 3. The predicted octanol–water partition coefficient (Wildman–Crippen LogP) is 4.71. The molecule has 0 aliphatic heterocycles. The van der Waals surface area contributed by atoms with Crippen LogP contribution >= 0.6 is 0 Å². The molecule has 0 saturated heterocycles. The Morgan fingerprint density at radius 3 is 2.28 bits per heavy atom. The van der Waals surface area contributed by atoms with E-state index in [0.29, 0.717) is 12.4 Å². The third-order valence-corrected chi connectivity index (χ3v) is 5.92. The van der Waals surface area contributed by atoms with E-state index in [1.807, 2.05) is 67.7 Å². The maximum atomic E-state index is 12.9. The largest absolute Gasteiger partial charge is 0.266 e. The van der Waals surface area contributed by atoms with Gasteiger partial charge < -0.3 is 0 Å². The lowest BCUT2D eigenvalue weighted by molar-refractivity contribution is 0.600. The van der Waals surface area contributed by atoms with Crippen LogP contribution in [0.3, 0.4) is 0 Å². The number of sulfonamides is 1. The van der Waals surface area contributed by atoms with Gasteiger partial charge in [0.15, 0.2) is 5.82 Å². The van der Waals surface area contributed by atoms with Crippen LogP contribution in [-0.2, 0) is 16.6 Å². The van der Waals surface area contributed by atoms with Crippen molar-refractivity contribution in [1.29, 1.82) is 0 Å². The summed E-state index contributed by atoms with van der Waals surface area (Å²) < 4.78 is 30.1. The molecule has 0 fully saturated rings. The molecule has 0 unspecified atom stereocenters. The minimum absolute atomic E-state index is 0.202. The SMILES string of the molecule is Cc1cccc(-c2cn(Cc3ccccc3)nc2NS(=O)(=O)c2ccccc2)c1. The number of aryl methyl sites for hydroxylation is 1. The molecule has 1 aromatic heterocycles. The van der Waals surface area contributed by atoms with Crippen molar-refractivity contribution in [3.05, 3.63) is 102 Å². The van der Waals surface area contributed by atoms with E-state index in [1.54, 1.807) is 35.0 Å². The highest BCUT2D eigenvalue weighted by molar-refractivity contribution is 7.92. The third kappa shape index (κ3) is 4.38. The number of nitrogens with one attached hydrogen (secondary N) is 1. The van der Waals surface area contributed by atoms with Crippen molar-refractivity contribution in [3.8, 4) is 11.1 Å². The summed E-state index contributed by atoms with van der Waals surface area (Å²) in [7, 11) is -3.74. The van der Waals surface area contributed by atoms with Gasteiger partial charge in [0.05, 0.1) is 11.4 Å². The van der Waals surface area contributed by atoms with E-state index in [4.69, 9.17) is 0 Å². The maximum absolute atomic E-state index is 12.9. The number of aromatic nitrogens is 2. The summed E-state index contributed by atoms with van der Waals surface area (Å²) in [5.41, 5.74) is 3.83. The van der Waals surface area contributed by atoms with Gasteiger partial charge in [-0.05, 0) is 30.2 Å². The van der Waals surface area contributed by atoms with Crippen LogP contribution in [0.5, 0.6) is 0 Å². The van der Waals surface area contributed by atoms with E-state index >= 15 is 0 Å². The van der Waals surface area contributed by atoms with Gasteiger partial charge in [-0.15, -0.1) is 0 Å². The van der Waals surface area contributed by atoms with Crippen LogP contribution in [0.25, 0.3) is 11.1 Å². The van der Waals surface area contributed by atoms with Crippen LogP contribution in [-0.4, -0.2) is 18.2 Å². The van der Waals surface area contributed by atoms with Gasteiger partial charge >= 0.3 is 0 Å². The standard InChI is InChI=1S/C23H21N3O2S/c1-18-9-8-12-20(15-18)22-17-26(16-19-10-4-2-5-11-19)24-23(22)25-29(27,28)21-13-6-3-7-14-21/h2-15,17H,16H2,1H3,(H,24,25). The van der Waals surface area contributed by atoms with Crippen LogP contribution in [0, 0.1) is 6.92 Å². The van der Waals surface area contributed by atoms with Crippen molar-refractivity contribution in [2.45, 2.75) is 18.4 Å². The Morgan fingerprint density at radius 1 is 0.897 bits per heavy atom. The second-order valence-electron chi connectivity index (χ2n) is 6.86. The molecular formula is C23H21N3O2S. The van der Waals surface area contributed by atoms with Crippen molar-refractivity contribution in [3.63, 3.8) is 0 Å². The Kier molecular flexibility index (Phi) is 5.18. The summed E-state index contributed by atoms with van der Waals surface area (Å²) in [6.45, 7) is 2.55. The molecule has 1 heterocycles. The lowest BCUT2D eigenvalue weighted by Gasteiger charge is -2.08. The molecule has 146 valence electrons. The molecule has 6 heteroatoms. The van der Waals surface area contributed by atoms with Crippen molar-refractivity contribution in [2.24, 2.45) is 0 Å². The molecule has 0 aliphatic carbocycles. The van der Waals surface area contributed by atoms with Crippen molar-refractivity contribution in [2.75, 3.05) is 4.72 Å². The average molecular weight is 404 g/mol. The Morgan fingerprint density at radius 2 is 1.59 bits per heavy atom. The molecule has 0 spiro atoms. The molecule has 4 aromatic rings. The first kappa shape index (κ1) is 19.0. The zero-order valence-electron chi connectivity index (χ0n) is 16.0. The second kappa shape index (κ2) is 7.93. The number of hydrogen-bond donors (Lipinski definition) is 1. The van der Waals surface area contributed by atoms with Gasteiger partial charge in [-0.2, -0.15) is 5.10 Å². The van der Waals surface area contributed by atoms with E-state index < -0.39 is 10.0 Å². The Bertz CT molecular complexity index is 1220. The van der Waals surface area contributed by atoms with Crippen molar-refractivity contribution < 1.29 is 8.42 Å². The van der Waals surface area contributed by atoms with Gasteiger partial charge in [0.2, 0.25) is 0 Å². The summed E-state index contributed by atoms with van der Waals surface area (Å²) in [4.78, 5) is 0.202. The predicted molar refractivity (Wildman–Crippen MR) is 115 cm³/mol. The quantitative estimate of drug-likeness (QED) is 0.507. The molecule has 0 amide bonds. The first-order chi connectivity index (χ1) is 14.0. The van der Waals surface area contributed by atoms with Crippen molar-refractivity contribution in [1.82, 2.24) is 9.78 Å². The Labute approximate surface area is 170 Å². The molecule has 5 nitrogen and oxygen atoms in total. The summed E-state index contributed by atoms with van der Waals surface area (Å²) >= 11 is 0. The highest BCUT2D eigenvalue weighted by Gasteiger charge is 2.19. The number of hydrogen-bond acceptors (Lipinski definition) is 3. The van der Waals surface area contributed by atoms with E-state index in [-0.39, 0.29) is 4.90 Å². The number of nitrogens with zero attached hydrogens (tertiary/aromatic N) is 2. The van der Waals surface area contributed by atoms with E-state index in [2.05, 4.69) is 9.82 Å². The molecular weight excluding hydrogens is 382 g/mol. The molecule has 3 aromatic carbocycles. The monoisotopic (exact) mass is 403 g/mol. The normalized spacial score (nSPS) is 11.3. The van der Waals surface area contributed by atoms with Gasteiger partial charge in [0.25, 0.3) is 10.0 Å². The average Bonchev–Trinajstić information content (AvgIpc) is 3.11. The third-order valence-electron chi connectivity index (χ3n) is 4.56. The van der Waals surface area contributed by atoms with Crippen molar-refractivity contribution >= 4 is 15.8 Å². The molecule has 0 radical (unpaired) electrons. The summed E-state index contributed by atoms with van der Waals surface area (Å²) in [5.74, 6) is 0.315. The highest BCUT2D eigenvalue weighted by atomic mass is 32.2. The van der Waals surface area contributed by atoms with Gasteiger partial charge in [-0.1, -0.05) is 78.4 Å². The van der Waals surface area contributed by atoms with Gasteiger partial charge in [0.1, 0.15) is 0 Å². The minimum Gasteiger partial charge on any atom is -0.266 e. The Balaban J connectivity index is 1.75. The Hall–Kier alpha value is -3.38. The molecule has 0 saturated carbocycles. The van der Waals surface area contributed by atoms with E-state index in [9.17, 15) is 8.42 Å². The van der Waals surface area contributed by atoms with Gasteiger partial charge in [-0.25, -0.2) is 8.42 Å². The lowest BCUT2D eigenvalue weighted by Crippen LogP contribution is -2.14. The fraction of sp³-hybridized carbons (Fsp3) is 0.0870. The fourth-order valence-electron chi connectivity index (χ4n) is 3.16. The van der Waals surface area contributed by atoms with Gasteiger partial charge in [0, 0.05) is 11.8 Å². The van der Waals surface area contributed by atoms with E-state index in [0.717, 1.165) is 22.3 Å². The van der Waals surface area contributed by atoms with Crippen LogP contribution in [0.4, 0.5) is 5.82 Å². The molecule has 0 aliphatic rings. The van der Waals surface area contributed by atoms with Crippen LogP contribution in [0.15, 0.2) is 96.0 Å². The molecule has 0 bridgehead atoms. The molecule has 0 atom stereocenters. The fourth-order valence-corrected chi connectivity index (χ4v) is 4.20.